The van der Waals surface area contributed by atoms with E-state index in [1.165, 1.54) is 0 Å². The molecule has 0 aliphatic heterocycles. The summed E-state index contributed by atoms with van der Waals surface area (Å²) in [7, 11) is 0. The first kappa shape index (κ1) is 7.34. The zero-order chi connectivity index (χ0) is 6.41. The third kappa shape index (κ3) is 5.34. The highest BCUT2D eigenvalue weighted by molar-refractivity contribution is 5.70. The number of rotatable bonds is 2. The predicted molar refractivity (Wildman–Crippen MR) is 37.8 cm³/mol. The maximum absolute atomic E-state index is 3.99. The summed E-state index contributed by atoms with van der Waals surface area (Å²) < 4.78 is 0. The van der Waals surface area contributed by atoms with Gasteiger partial charge < -0.3 is 0 Å². The molecule has 0 unspecified atom stereocenters. The summed E-state index contributed by atoms with van der Waals surface area (Å²) in [6.07, 6.45) is 3.29. The second kappa shape index (κ2) is 4.50. The molecule has 8 heavy (non-hydrogen) atoms. The van der Waals surface area contributed by atoms with Crippen LogP contribution in [0, 0.1) is 0 Å². The van der Waals surface area contributed by atoms with Crippen molar-refractivity contribution in [1.29, 1.82) is 0 Å². The minimum atomic E-state index is 0.360. The van der Waals surface area contributed by atoms with Crippen molar-refractivity contribution in [2.75, 3.05) is 0 Å². The van der Waals surface area contributed by atoms with Crippen molar-refractivity contribution in [3.05, 3.63) is 0 Å². The molecule has 2 heteroatoms. The zero-order valence-corrected chi connectivity index (χ0v) is 5.63. The van der Waals surface area contributed by atoms with Crippen molar-refractivity contribution in [1.82, 2.24) is 0 Å². The molecule has 0 aliphatic rings. The van der Waals surface area contributed by atoms with Gasteiger partial charge in [-0.1, -0.05) is 0 Å². The average Bonchev–Trinajstić information content (AvgIpc) is 1.66. The molecule has 0 rings (SSSR count). The van der Waals surface area contributed by atoms with Gasteiger partial charge in [-0.2, -0.15) is 0 Å². The van der Waals surface area contributed by atoms with Crippen LogP contribution in [0.15, 0.2) is 9.98 Å². The summed E-state index contributed by atoms with van der Waals surface area (Å²) in [5.41, 5.74) is 0. The summed E-state index contributed by atoms with van der Waals surface area (Å²) >= 11 is 0. The van der Waals surface area contributed by atoms with Crippen molar-refractivity contribution in [3.63, 3.8) is 0 Å². The van der Waals surface area contributed by atoms with Gasteiger partial charge in [0.2, 0.25) is 0 Å². The highest BCUT2D eigenvalue weighted by Gasteiger charge is 1.78. The molecule has 0 fully saturated rings. The van der Waals surface area contributed by atoms with E-state index in [0.29, 0.717) is 6.04 Å². The number of aliphatic imine (C=N–C) groups is 2. The van der Waals surface area contributed by atoms with Gasteiger partial charge in [0.25, 0.3) is 0 Å². The van der Waals surface area contributed by atoms with E-state index in [-0.39, 0.29) is 0 Å². The largest absolute Gasteiger partial charge is 0.271 e. The van der Waals surface area contributed by atoms with E-state index in [4.69, 9.17) is 0 Å². The Balaban J connectivity index is 3.34. The smallest absolute Gasteiger partial charge is 0.109 e. The van der Waals surface area contributed by atoms with Crippen molar-refractivity contribution in [2.24, 2.45) is 9.98 Å². The maximum atomic E-state index is 3.99. The lowest BCUT2D eigenvalue weighted by molar-refractivity contribution is 0.839. The molecule has 0 amide bonds. The first-order valence-electron chi connectivity index (χ1n) is 2.76. The summed E-state index contributed by atoms with van der Waals surface area (Å²) in [5.74, 6) is 0. The first-order valence-corrected chi connectivity index (χ1v) is 2.76. The Labute approximate surface area is 50.4 Å². The molecular formula is C6H12N2. The molecular weight excluding hydrogens is 100 g/mol. The molecule has 0 N–H and O–H groups in total. The summed E-state index contributed by atoms with van der Waals surface area (Å²) in [6.45, 7) is 5.90. The quantitative estimate of drug-likeness (QED) is 0.382. The van der Waals surface area contributed by atoms with E-state index in [0.717, 1.165) is 0 Å². The van der Waals surface area contributed by atoms with Gasteiger partial charge in [0.1, 0.15) is 6.34 Å². The van der Waals surface area contributed by atoms with Gasteiger partial charge in [-0.15, -0.1) is 0 Å². The minimum Gasteiger partial charge on any atom is -0.271 e. The Hall–Kier alpha value is -0.660. The molecule has 0 heterocycles. The molecule has 0 spiro atoms. The number of hydrogen-bond donors (Lipinski definition) is 0. The van der Waals surface area contributed by atoms with Crippen LogP contribution >= 0.6 is 0 Å². The monoisotopic (exact) mass is 112 g/mol. The van der Waals surface area contributed by atoms with Crippen LogP contribution in [-0.4, -0.2) is 18.6 Å². The van der Waals surface area contributed by atoms with Gasteiger partial charge in [0.05, 0.1) is 0 Å². The Morgan fingerprint density at radius 3 is 2.38 bits per heavy atom. The van der Waals surface area contributed by atoms with Crippen LogP contribution in [0.4, 0.5) is 0 Å². The fourth-order valence-electron chi connectivity index (χ4n) is 0.238. The first-order chi connectivity index (χ1) is 3.77. The van der Waals surface area contributed by atoms with Gasteiger partial charge in [-0.25, -0.2) is 4.99 Å². The second-order valence-electron chi connectivity index (χ2n) is 1.77. The second-order valence-corrected chi connectivity index (χ2v) is 1.77. The van der Waals surface area contributed by atoms with E-state index in [1.807, 2.05) is 20.8 Å². The van der Waals surface area contributed by atoms with Crippen LogP contribution in [0.1, 0.15) is 20.8 Å². The SMILES string of the molecule is C/C=N/C=N\C(C)C. The highest BCUT2D eigenvalue weighted by atomic mass is 14.9. The normalized spacial score (nSPS) is 12.5. The minimum absolute atomic E-state index is 0.360. The third-order valence-corrected chi connectivity index (χ3v) is 0.581. The van der Waals surface area contributed by atoms with E-state index >= 15 is 0 Å². The lowest BCUT2D eigenvalue weighted by Gasteiger charge is -1.88. The van der Waals surface area contributed by atoms with Crippen molar-refractivity contribution in [3.8, 4) is 0 Å². The van der Waals surface area contributed by atoms with E-state index in [2.05, 4.69) is 9.98 Å². The number of hydrogen-bond acceptors (Lipinski definition) is 1. The summed E-state index contributed by atoms with van der Waals surface area (Å²) in [6, 6.07) is 0.360. The number of nitrogens with zero attached hydrogens (tertiary/aromatic N) is 2. The molecule has 0 saturated heterocycles. The Bertz CT molecular complexity index is 92.7. The van der Waals surface area contributed by atoms with Gasteiger partial charge >= 0.3 is 0 Å². The predicted octanol–water partition coefficient (Wildman–Crippen LogP) is 1.51. The Kier molecular flexibility index (Phi) is 4.13. The van der Waals surface area contributed by atoms with Crippen LogP contribution in [-0.2, 0) is 0 Å². The van der Waals surface area contributed by atoms with Crippen LogP contribution in [0.2, 0.25) is 0 Å². The van der Waals surface area contributed by atoms with Gasteiger partial charge in [-0.3, -0.25) is 4.99 Å². The van der Waals surface area contributed by atoms with Crippen LogP contribution < -0.4 is 0 Å². The van der Waals surface area contributed by atoms with Crippen molar-refractivity contribution >= 4 is 12.6 Å². The van der Waals surface area contributed by atoms with Gasteiger partial charge in [0, 0.05) is 12.3 Å². The van der Waals surface area contributed by atoms with Gasteiger partial charge in [-0.05, 0) is 20.8 Å². The molecule has 0 radical (unpaired) electrons. The highest BCUT2D eigenvalue weighted by Crippen LogP contribution is 1.81. The van der Waals surface area contributed by atoms with Crippen LogP contribution in [0.25, 0.3) is 0 Å². The van der Waals surface area contributed by atoms with Crippen molar-refractivity contribution in [2.45, 2.75) is 26.8 Å². The summed E-state index contributed by atoms with van der Waals surface area (Å²) in [4.78, 5) is 7.79. The van der Waals surface area contributed by atoms with Gasteiger partial charge in [0.15, 0.2) is 0 Å². The molecule has 0 aromatic heterocycles. The van der Waals surface area contributed by atoms with Crippen LogP contribution in [0.5, 0.6) is 0 Å². The van der Waals surface area contributed by atoms with Crippen molar-refractivity contribution < 1.29 is 0 Å². The van der Waals surface area contributed by atoms with E-state index in [9.17, 15) is 0 Å². The molecule has 0 aliphatic carbocycles. The standard InChI is InChI=1S/C6H12N2/c1-4-7-5-8-6(2)3/h4-6H,1-3H3/b7-4+,8-5-. The molecule has 0 atom stereocenters. The third-order valence-electron chi connectivity index (χ3n) is 0.581. The summed E-state index contributed by atoms with van der Waals surface area (Å²) in [5, 5.41) is 0. The lowest BCUT2D eigenvalue weighted by atomic mass is 10.4. The fourth-order valence-corrected chi connectivity index (χ4v) is 0.238. The molecule has 0 aromatic rings. The topological polar surface area (TPSA) is 24.7 Å². The van der Waals surface area contributed by atoms with E-state index < -0.39 is 0 Å². The molecule has 0 bridgehead atoms. The fraction of sp³-hybridized carbons (Fsp3) is 0.667. The zero-order valence-electron chi connectivity index (χ0n) is 5.63. The molecule has 2 nitrogen and oxygen atoms in total. The molecule has 46 valence electrons. The molecule has 0 aromatic carbocycles. The lowest BCUT2D eigenvalue weighted by Crippen LogP contribution is -1.86. The average molecular weight is 112 g/mol. The van der Waals surface area contributed by atoms with Crippen LogP contribution in [0.3, 0.4) is 0 Å². The maximum Gasteiger partial charge on any atom is 0.109 e. The Morgan fingerprint density at radius 2 is 2.00 bits per heavy atom. The molecule has 0 saturated carbocycles. The Morgan fingerprint density at radius 1 is 1.38 bits per heavy atom. The van der Waals surface area contributed by atoms with E-state index in [1.54, 1.807) is 12.6 Å².